The van der Waals surface area contributed by atoms with Crippen LogP contribution in [0.2, 0.25) is 0 Å². The van der Waals surface area contributed by atoms with Gasteiger partial charge in [-0.25, -0.2) is 0 Å². The van der Waals surface area contributed by atoms with Crippen molar-refractivity contribution in [2.75, 3.05) is 25.0 Å². The first kappa shape index (κ1) is 13.4. The van der Waals surface area contributed by atoms with Gasteiger partial charge in [0.25, 0.3) is 0 Å². The van der Waals surface area contributed by atoms with Crippen LogP contribution in [0.25, 0.3) is 0 Å². The molecule has 1 rings (SSSR count). The summed E-state index contributed by atoms with van der Waals surface area (Å²) in [6.07, 6.45) is 2.41. The van der Waals surface area contributed by atoms with Crippen LogP contribution in [0.1, 0.15) is 33.6 Å². The van der Waals surface area contributed by atoms with Gasteiger partial charge in [0.2, 0.25) is 5.13 Å². The van der Waals surface area contributed by atoms with Crippen molar-refractivity contribution in [1.82, 2.24) is 15.1 Å². The molecule has 0 aliphatic carbocycles. The van der Waals surface area contributed by atoms with Crippen LogP contribution in [0.3, 0.4) is 0 Å². The molecule has 16 heavy (non-hydrogen) atoms. The molecular weight excluding hydrogens is 220 g/mol. The normalized spacial score (nSPS) is 13.0. The van der Waals surface area contributed by atoms with Gasteiger partial charge in [0.05, 0.1) is 0 Å². The Labute approximate surface area is 102 Å². The molecule has 0 saturated carbocycles. The zero-order valence-corrected chi connectivity index (χ0v) is 11.3. The zero-order chi connectivity index (χ0) is 11.8. The lowest BCUT2D eigenvalue weighted by molar-refractivity contribution is 0.295. The van der Waals surface area contributed by atoms with Crippen LogP contribution in [-0.2, 0) is 0 Å². The summed E-state index contributed by atoms with van der Waals surface area (Å²) in [4.78, 5) is 2.46. The molecule has 1 heterocycles. The molecule has 0 amide bonds. The molecule has 0 aliphatic rings. The third-order valence-electron chi connectivity index (χ3n) is 2.74. The van der Waals surface area contributed by atoms with E-state index in [0.29, 0.717) is 6.04 Å². The predicted molar refractivity (Wildman–Crippen MR) is 70.0 cm³/mol. The maximum absolute atomic E-state index is 3.98. The number of anilines is 1. The lowest BCUT2D eigenvalue weighted by Crippen LogP contribution is -2.25. The average molecular weight is 242 g/mol. The van der Waals surface area contributed by atoms with Gasteiger partial charge >= 0.3 is 0 Å². The summed E-state index contributed by atoms with van der Waals surface area (Å²) in [7, 11) is 0. The van der Waals surface area contributed by atoms with Crippen molar-refractivity contribution < 1.29 is 0 Å². The van der Waals surface area contributed by atoms with Crippen LogP contribution < -0.4 is 5.32 Å². The minimum absolute atomic E-state index is 0.475. The predicted octanol–water partition coefficient (Wildman–Crippen LogP) is 2.46. The highest BCUT2D eigenvalue weighted by atomic mass is 32.1. The molecule has 0 aromatic carbocycles. The van der Waals surface area contributed by atoms with E-state index in [9.17, 15) is 0 Å². The van der Waals surface area contributed by atoms with E-state index in [4.69, 9.17) is 0 Å². The number of rotatable bonds is 8. The van der Waals surface area contributed by atoms with E-state index in [2.05, 4.69) is 41.2 Å². The summed E-state index contributed by atoms with van der Waals surface area (Å²) in [5.74, 6) is 0. The fourth-order valence-electron chi connectivity index (χ4n) is 1.68. The first-order chi connectivity index (χ1) is 7.76. The van der Waals surface area contributed by atoms with Crippen LogP contribution >= 0.6 is 11.3 Å². The lowest BCUT2D eigenvalue weighted by atomic mass is 10.2. The Morgan fingerprint density at radius 3 is 2.75 bits per heavy atom. The van der Waals surface area contributed by atoms with E-state index in [1.54, 1.807) is 16.8 Å². The summed E-state index contributed by atoms with van der Waals surface area (Å²) < 4.78 is 0. The highest BCUT2D eigenvalue weighted by Gasteiger charge is 2.05. The summed E-state index contributed by atoms with van der Waals surface area (Å²) in [6, 6.07) is 0.475. The topological polar surface area (TPSA) is 41.0 Å². The van der Waals surface area contributed by atoms with Gasteiger partial charge in [-0.1, -0.05) is 25.2 Å². The van der Waals surface area contributed by atoms with Gasteiger partial charge in [0.1, 0.15) is 5.51 Å². The van der Waals surface area contributed by atoms with E-state index < -0.39 is 0 Å². The monoisotopic (exact) mass is 242 g/mol. The molecule has 1 N–H and O–H groups in total. The summed E-state index contributed by atoms with van der Waals surface area (Å²) in [6.45, 7) is 10.1. The molecule has 0 fully saturated rings. The van der Waals surface area contributed by atoms with Crippen LogP contribution in [0, 0.1) is 0 Å². The van der Waals surface area contributed by atoms with E-state index >= 15 is 0 Å². The first-order valence-corrected chi connectivity index (χ1v) is 6.89. The van der Waals surface area contributed by atoms with Gasteiger partial charge in [-0.3, -0.25) is 0 Å². The second-order valence-corrected chi connectivity index (χ2v) is 4.79. The van der Waals surface area contributed by atoms with Crippen LogP contribution in [0.5, 0.6) is 0 Å². The molecule has 1 aromatic rings. The van der Waals surface area contributed by atoms with Crippen molar-refractivity contribution in [2.45, 2.75) is 39.7 Å². The van der Waals surface area contributed by atoms with Gasteiger partial charge in [0, 0.05) is 6.04 Å². The van der Waals surface area contributed by atoms with E-state index in [1.807, 2.05) is 0 Å². The third-order valence-corrected chi connectivity index (χ3v) is 3.36. The molecule has 5 heteroatoms. The van der Waals surface area contributed by atoms with Gasteiger partial charge in [0.15, 0.2) is 0 Å². The maximum atomic E-state index is 3.98. The van der Waals surface area contributed by atoms with E-state index in [1.165, 1.54) is 19.4 Å². The number of hydrogen-bond donors (Lipinski definition) is 1. The standard InChI is InChI=1S/C11H22N4S/c1-4-15(5-2)8-6-7-10(3)13-11-14-12-9-16-11/h9-10H,4-8H2,1-3H3,(H,13,14). The Morgan fingerprint density at radius 2 is 2.19 bits per heavy atom. The number of aromatic nitrogens is 2. The molecule has 1 aromatic heterocycles. The molecule has 0 aliphatic heterocycles. The van der Waals surface area contributed by atoms with Crippen molar-refractivity contribution in [3.05, 3.63) is 5.51 Å². The second-order valence-electron chi connectivity index (χ2n) is 3.96. The molecule has 0 spiro atoms. The van der Waals surface area contributed by atoms with E-state index in [0.717, 1.165) is 18.2 Å². The number of hydrogen-bond acceptors (Lipinski definition) is 5. The van der Waals surface area contributed by atoms with Crippen LogP contribution in [0.15, 0.2) is 5.51 Å². The largest absolute Gasteiger partial charge is 0.358 e. The highest BCUT2D eigenvalue weighted by molar-refractivity contribution is 7.13. The molecule has 92 valence electrons. The minimum Gasteiger partial charge on any atom is -0.358 e. The van der Waals surface area contributed by atoms with Crippen LogP contribution in [0.4, 0.5) is 5.13 Å². The Hall–Kier alpha value is -0.680. The Kier molecular flexibility index (Phi) is 6.33. The smallest absolute Gasteiger partial charge is 0.205 e. The van der Waals surface area contributed by atoms with Gasteiger partial charge in [-0.05, 0) is 39.4 Å². The third kappa shape index (κ3) is 4.90. The SMILES string of the molecule is CCN(CC)CCCC(C)Nc1nncs1. The van der Waals surface area contributed by atoms with Crippen molar-refractivity contribution in [3.63, 3.8) is 0 Å². The van der Waals surface area contributed by atoms with Gasteiger partial charge in [-0.15, -0.1) is 10.2 Å². The van der Waals surface area contributed by atoms with Gasteiger partial charge < -0.3 is 10.2 Å². The average Bonchev–Trinajstić information content (AvgIpc) is 2.77. The Bertz CT molecular complexity index is 259. The highest BCUT2D eigenvalue weighted by Crippen LogP contribution is 2.11. The zero-order valence-electron chi connectivity index (χ0n) is 10.4. The second kappa shape index (κ2) is 7.57. The quantitative estimate of drug-likeness (QED) is 0.760. The molecule has 0 bridgehead atoms. The van der Waals surface area contributed by atoms with Crippen molar-refractivity contribution in [1.29, 1.82) is 0 Å². The van der Waals surface area contributed by atoms with Gasteiger partial charge in [-0.2, -0.15) is 0 Å². The van der Waals surface area contributed by atoms with Crippen molar-refractivity contribution in [3.8, 4) is 0 Å². The first-order valence-electron chi connectivity index (χ1n) is 6.01. The molecule has 1 unspecified atom stereocenters. The fourth-order valence-corrected chi connectivity index (χ4v) is 2.24. The Morgan fingerprint density at radius 1 is 1.44 bits per heavy atom. The minimum atomic E-state index is 0.475. The molecule has 1 atom stereocenters. The molecule has 0 saturated heterocycles. The summed E-state index contributed by atoms with van der Waals surface area (Å²) in [5, 5.41) is 12.1. The van der Waals surface area contributed by atoms with Crippen molar-refractivity contribution in [2.24, 2.45) is 0 Å². The maximum Gasteiger partial charge on any atom is 0.205 e. The molecule has 0 radical (unpaired) electrons. The summed E-state index contributed by atoms with van der Waals surface area (Å²) in [5.41, 5.74) is 1.75. The Balaban J connectivity index is 2.13. The molecular formula is C11H22N4S. The fraction of sp³-hybridized carbons (Fsp3) is 0.818. The summed E-state index contributed by atoms with van der Waals surface area (Å²) >= 11 is 1.56. The van der Waals surface area contributed by atoms with Crippen molar-refractivity contribution >= 4 is 16.5 Å². The number of nitrogens with zero attached hydrogens (tertiary/aromatic N) is 3. The molecule has 4 nitrogen and oxygen atoms in total. The number of nitrogens with one attached hydrogen (secondary N) is 1. The van der Waals surface area contributed by atoms with Crippen LogP contribution in [-0.4, -0.2) is 40.8 Å². The lowest BCUT2D eigenvalue weighted by Gasteiger charge is -2.19. The van der Waals surface area contributed by atoms with E-state index in [-0.39, 0.29) is 0 Å².